The van der Waals surface area contributed by atoms with Crippen molar-refractivity contribution >= 4 is 35.3 Å². The first-order chi connectivity index (χ1) is 16.6. The number of amides is 1. The molecule has 0 saturated heterocycles. The van der Waals surface area contributed by atoms with Crippen LogP contribution >= 0.6 is 23.6 Å². The number of hydrogen-bond acceptors (Lipinski definition) is 6. The lowest BCUT2D eigenvalue weighted by atomic mass is 10.1. The molecule has 0 fully saturated rings. The number of aromatic nitrogens is 1. The van der Waals surface area contributed by atoms with Crippen LogP contribution in [0.2, 0.25) is 0 Å². The molecule has 0 unspecified atom stereocenters. The van der Waals surface area contributed by atoms with E-state index in [4.69, 9.17) is 21.7 Å². The van der Waals surface area contributed by atoms with Crippen molar-refractivity contribution in [3.8, 4) is 17.2 Å². The van der Waals surface area contributed by atoms with E-state index in [1.807, 2.05) is 90.4 Å². The Morgan fingerprint density at radius 2 is 1.68 bits per heavy atom. The zero-order valence-corrected chi connectivity index (χ0v) is 20.1. The predicted molar refractivity (Wildman–Crippen MR) is 137 cm³/mol. The van der Waals surface area contributed by atoms with Crippen molar-refractivity contribution in [2.75, 3.05) is 11.9 Å². The molecule has 6 nitrogen and oxygen atoms in total. The molecule has 1 aliphatic heterocycles. The van der Waals surface area contributed by atoms with Gasteiger partial charge in [0, 0.05) is 5.69 Å². The van der Waals surface area contributed by atoms with Gasteiger partial charge in [0.05, 0.1) is 6.61 Å². The third-order valence-corrected chi connectivity index (χ3v) is 6.80. The van der Waals surface area contributed by atoms with Crippen LogP contribution < -0.4 is 20.1 Å². The van der Waals surface area contributed by atoms with Gasteiger partial charge in [-0.25, -0.2) is 0 Å². The second-order valence-corrected chi connectivity index (χ2v) is 9.33. The molecular weight excluding hydrogens is 466 g/mol. The van der Waals surface area contributed by atoms with Gasteiger partial charge in [0.25, 0.3) is 5.91 Å². The second kappa shape index (κ2) is 9.70. The number of carbonyl (C=O) groups excluding carboxylic acids is 1. The van der Waals surface area contributed by atoms with Gasteiger partial charge < -0.3 is 20.1 Å². The first kappa shape index (κ1) is 22.2. The van der Waals surface area contributed by atoms with E-state index in [0.29, 0.717) is 39.4 Å². The first-order valence-electron chi connectivity index (χ1n) is 11.0. The van der Waals surface area contributed by atoms with E-state index in [2.05, 4.69) is 10.6 Å². The van der Waals surface area contributed by atoms with E-state index >= 15 is 0 Å². The smallest absolute Gasteiger partial charge is 0.267 e. The van der Waals surface area contributed by atoms with Crippen molar-refractivity contribution in [2.45, 2.75) is 19.7 Å². The van der Waals surface area contributed by atoms with Crippen LogP contribution in [0.15, 0.2) is 78.9 Å². The largest absolute Gasteiger partial charge is 0.490 e. The van der Waals surface area contributed by atoms with E-state index in [1.54, 1.807) is 0 Å². The molecule has 1 aromatic heterocycles. The van der Waals surface area contributed by atoms with Crippen LogP contribution in [0, 0.1) is 3.95 Å². The van der Waals surface area contributed by atoms with Crippen molar-refractivity contribution in [3.63, 3.8) is 0 Å². The molecule has 0 saturated carbocycles. The van der Waals surface area contributed by atoms with Crippen LogP contribution in [-0.2, 0) is 6.61 Å². The van der Waals surface area contributed by atoms with Crippen molar-refractivity contribution in [1.82, 2.24) is 9.88 Å². The minimum absolute atomic E-state index is 0.160. The second-order valence-electron chi connectivity index (χ2n) is 7.68. The number of para-hydroxylation sites is 1. The van der Waals surface area contributed by atoms with Crippen LogP contribution in [0.3, 0.4) is 0 Å². The maximum absolute atomic E-state index is 12.9. The maximum atomic E-state index is 12.9. The molecule has 5 rings (SSSR count). The Kier molecular flexibility index (Phi) is 6.33. The minimum Gasteiger partial charge on any atom is -0.490 e. The summed E-state index contributed by atoms with van der Waals surface area (Å²) in [5.41, 5.74) is 2.84. The highest BCUT2D eigenvalue weighted by molar-refractivity contribution is 7.73. The highest BCUT2D eigenvalue weighted by Crippen LogP contribution is 2.37. The third kappa shape index (κ3) is 4.42. The van der Waals surface area contributed by atoms with Crippen molar-refractivity contribution < 1.29 is 14.3 Å². The predicted octanol–water partition coefficient (Wildman–Crippen LogP) is 6.10. The molecule has 1 amide bonds. The molecule has 34 heavy (non-hydrogen) atoms. The van der Waals surface area contributed by atoms with Gasteiger partial charge in [0.2, 0.25) is 0 Å². The molecule has 0 aliphatic carbocycles. The Morgan fingerprint density at radius 1 is 0.941 bits per heavy atom. The lowest BCUT2D eigenvalue weighted by Crippen LogP contribution is -2.38. The summed E-state index contributed by atoms with van der Waals surface area (Å²) in [5.74, 6) is 1.81. The number of thiazole rings is 1. The van der Waals surface area contributed by atoms with Gasteiger partial charge in [-0.05, 0) is 54.5 Å². The Morgan fingerprint density at radius 3 is 2.41 bits per heavy atom. The first-order valence-corrected chi connectivity index (χ1v) is 12.2. The average Bonchev–Trinajstić information content (AvgIpc) is 3.21. The highest BCUT2D eigenvalue weighted by Gasteiger charge is 2.30. The van der Waals surface area contributed by atoms with Gasteiger partial charge in [-0.2, -0.15) is 0 Å². The summed E-state index contributed by atoms with van der Waals surface area (Å²) >= 11 is 6.87. The fraction of sp³-hybridized carbons (Fsp3) is 0.154. The zero-order chi connectivity index (χ0) is 23.5. The number of fused-ring (bicyclic) bond motifs is 1. The Balaban J connectivity index is 1.44. The molecular formula is C26H23N3O3S2. The fourth-order valence-electron chi connectivity index (χ4n) is 3.83. The van der Waals surface area contributed by atoms with Gasteiger partial charge in [-0.15, -0.1) is 0 Å². The standard InChI is InChI=1S/C26H23N3O3S2/c1-2-31-21-15-18(13-14-20(21)32-16-17-9-5-3-6-10-17)23-27-24-22(25(30)28-23)34-26(33)29(24)19-11-7-4-8-12-19/h3-15,23,27H,2,16H2,1H3,(H,28,30)/t23-/m0/s1. The number of benzene rings is 3. The lowest BCUT2D eigenvalue weighted by molar-refractivity contribution is 0.0939. The van der Waals surface area contributed by atoms with Gasteiger partial charge in [-0.3, -0.25) is 9.36 Å². The quantitative estimate of drug-likeness (QED) is 0.307. The molecule has 4 aromatic rings. The number of hydrogen-bond donors (Lipinski definition) is 2. The van der Waals surface area contributed by atoms with Gasteiger partial charge in [0.1, 0.15) is 23.5 Å². The summed E-state index contributed by atoms with van der Waals surface area (Å²) in [6.45, 7) is 2.87. The van der Waals surface area contributed by atoms with Crippen LogP contribution in [0.4, 0.5) is 5.82 Å². The molecule has 1 atom stereocenters. The summed E-state index contributed by atoms with van der Waals surface area (Å²) in [7, 11) is 0. The van der Waals surface area contributed by atoms with Gasteiger partial charge in [-0.1, -0.05) is 65.9 Å². The van der Waals surface area contributed by atoms with Crippen molar-refractivity contribution in [2.24, 2.45) is 0 Å². The summed E-state index contributed by atoms with van der Waals surface area (Å²) in [5, 5.41) is 6.49. The summed E-state index contributed by atoms with van der Waals surface area (Å²) in [6.07, 6.45) is -0.443. The SMILES string of the molecule is CCOc1cc([C@@H]2NC(=O)c3sc(=S)n(-c4ccccc4)c3N2)ccc1OCc1ccccc1. The lowest BCUT2D eigenvalue weighted by Gasteiger charge is -2.27. The molecule has 0 bridgehead atoms. The molecule has 2 N–H and O–H groups in total. The van der Waals surface area contributed by atoms with E-state index in [9.17, 15) is 4.79 Å². The molecule has 3 aromatic carbocycles. The summed E-state index contributed by atoms with van der Waals surface area (Å²) in [6, 6.07) is 25.5. The van der Waals surface area contributed by atoms with Crippen molar-refractivity contribution in [1.29, 1.82) is 0 Å². The average molecular weight is 490 g/mol. The van der Waals surface area contributed by atoms with Crippen LogP contribution in [-0.4, -0.2) is 17.1 Å². The fourth-order valence-corrected chi connectivity index (χ4v) is 5.14. The van der Waals surface area contributed by atoms with E-state index in [-0.39, 0.29) is 5.91 Å². The number of ether oxygens (including phenoxy) is 2. The number of carbonyl (C=O) groups is 1. The highest BCUT2D eigenvalue weighted by atomic mass is 32.1. The van der Waals surface area contributed by atoms with Crippen LogP contribution in [0.25, 0.3) is 5.69 Å². The van der Waals surface area contributed by atoms with E-state index < -0.39 is 6.17 Å². The number of nitrogens with one attached hydrogen (secondary N) is 2. The Labute approximate surface area is 206 Å². The third-order valence-electron chi connectivity index (χ3n) is 5.43. The molecule has 0 radical (unpaired) electrons. The number of anilines is 1. The molecule has 8 heteroatoms. The van der Waals surface area contributed by atoms with Crippen molar-refractivity contribution in [3.05, 3.63) is 98.8 Å². The topological polar surface area (TPSA) is 64.5 Å². The molecule has 172 valence electrons. The van der Waals surface area contributed by atoms with Gasteiger partial charge in [0.15, 0.2) is 15.5 Å². The van der Waals surface area contributed by atoms with Crippen LogP contribution in [0.1, 0.15) is 33.9 Å². The molecule has 0 spiro atoms. The summed E-state index contributed by atoms with van der Waals surface area (Å²) in [4.78, 5) is 13.5. The number of rotatable bonds is 7. The van der Waals surface area contributed by atoms with Crippen LogP contribution in [0.5, 0.6) is 11.5 Å². The monoisotopic (exact) mass is 489 g/mol. The normalized spacial score (nSPS) is 14.6. The zero-order valence-electron chi connectivity index (χ0n) is 18.5. The summed E-state index contributed by atoms with van der Waals surface area (Å²) < 4.78 is 14.4. The molecule has 2 heterocycles. The van der Waals surface area contributed by atoms with E-state index in [1.165, 1.54) is 11.3 Å². The minimum atomic E-state index is -0.443. The Bertz CT molecular complexity index is 1370. The Hall–Kier alpha value is -3.62. The maximum Gasteiger partial charge on any atom is 0.267 e. The molecule has 1 aliphatic rings. The van der Waals surface area contributed by atoms with Gasteiger partial charge >= 0.3 is 0 Å². The number of nitrogens with zero attached hydrogens (tertiary/aromatic N) is 1. The van der Waals surface area contributed by atoms with E-state index in [0.717, 1.165) is 16.8 Å².